The number of nitrogens with two attached hydrogens (primary N) is 1. The van der Waals surface area contributed by atoms with Crippen LogP contribution in [0, 0.1) is 0 Å². The monoisotopic (exact) mass is 249 g/mol. The van der Waals surface area contributed by atoms with Crippen LogP contribution in [0.2, 0.25) is 5.02 Å². The van der Waals surface area contributed by atoms with Gasteiger partial charge in [0.2, 0.25) is 5.78 Å². The highest BCUT2D eigenvalue weighted by Crippen LogP contribution is 2.20. The number of anilines is 1. The molecule has 4 nitrogen and oxygen atoms in total. The number of aromatic nitrogens is 2. The van der Waals surface area contributed by atoms with Crippen LogP contribution in [-0.2, 0) is 6.54 Å². The first kappa shape index (κ1) is 11.7. The second kappa shape index (κ2) is 4.59. The molecule has 17 heavy (non-hydrogen) atoms. The normalized spacial score (nSPS) is 10.5. The zero-order valence-corrected chi connectivity index (χ0v) is 10.1. The number of nitrogens with zero attached hydrogens (tertiary/aromatic N) is 2. The molecule has 0 saturated carbocycles. The van der Waals surface area contributed by atoms with Crippen LogP contribution >= 0.6 is 11.6 Å². The summed E-state index contributed by atoms with van der Waals surface area (Å²) in [6, 6.07) is 6.53. The lowest BCUT2D eigenvalue weighted by atomic mass is 10.1. The smallest absolute Gasteiger partial charge is 0.213 e. The lowest BCUT2D eigenvalue weighted by Gasteiger charge is -2.06. The van der Waals surface area contributed by atoms with Gasteiger partial charge in [0.05, 0.1) is 0 Å². The third-order valence-electron chi connectivity index (χ3n) is 2.51. The molecule has 0 saturated heterocycles. The zero-order chi connectivity index (χ0) is 12.4. The Morgan fingerprint density at radius 1 is 1.47 bits per heavy atom. The molecular formula is C12H12ClN3O. The number of hydrogen-bond acceptors (Lipinski definition) is 3. The van der Waals surface area contributed by atoms with Crippen LogP contribution in [0.4, 0.5) is 5.69 Å². The first-order valence-electron chi connectivity index (χ1n) is 5.25. The van der Waals surface area contributed by atoms with Gasteiger partial charge in [0, 0.05) is 29.0 Å². The Hall–Kier alpha value is -1.81. The molecule has 0 amide bonds. The van der Waals surface area contributed by atoms with Crippen molar-refractivity contribution >= 4 is 23.1 Å². The van der Waals surface area contributed by atoms with E-state index < -0.39 is 0 Å². The van der Waals surface area contributed by atoms with Gasteiger partial charge in [-0.25, -0.2) is 0 Å². The van der Waals surface area contributed by atoms with E-state index in [2.05, 4.69) is 5.10 Å². The molecule has 1 aromatic carbocycles. The van der Waals surface area contributed by atoms with Gasteiger partial charge in [0.15, 0.2) is 0 Å². The minimum atomic E-state index is -0.140. The van der Waals surface area contributed by atoms with E-state index in [4.69, 9.17) is 17.3 Å². The molecule has 1 heterocycles. The van der Waals surface area contributed by atoms with Crippen molar-refractivity contribution in [1.29, 1.82) is 0 Å². The summed E-state index contributed by atoms with van der Waals surface area (Å²) in [6.07, 6.45) is 1.60. The molecule has 0 radical (unpaired) electrons. The number of carbonyl (C=O) groups excluding carboxylic acids is 1. The Labute approximate surface area is 104 Å². The summed E-state index contributed by atoms with van der Waals surface area (Å²) in [6.45, 7) is 2.57. The molecule has 0 unspecified atom stereocenters. The number of carbonyl (C=O) groups is 1. The summed E-state index contributed by atoms with van der Waals surface area (Å²) in [5.74, 6) is -0.140. The van der Waals surface area contributed by atoms with Crippen LogP contribution in [0.15, 0.2) is 30.5 Å². The molecule has 0 bridgehead atoms. The largest absolute Gasteiger partial charge is 0.398 e. The second-order valence-electron chi connectivity index (χ2n) is 3.59. The van der Waals surface area contributed by atoms with Gasteiger partial charge in [-0.05, 0) is 31.2 Å². The van der Waals surface area contributed by atoms with Gasteiger partial charge >= 0.3 is 0 Å². The van der Waals surface area contributed by atoms with E-state index in [0.29, 0.717) is 28.5 Å². The Balaban J connectivity index is 2.44. The van der Waals surface area contributed by atoms with E-state index in [1.165, 1.54) is 0 Å². The molecule has 0 aliphatic rings. The van der Waals surface area contributed by atoms with Crippen LogP contribution in [0.1, 0.15) is 23.0 Å². The molecule has 2 rings (SSSR count). The average molecular weight is 250 g/mol. The highest BCUT2D eigenvalue weighted by atomic mass is 35.5. The van der Waals surface area contributed by atoms with E-state index in [1.54, 1.807) is 35.1 Å². The standard InChI is InChI=1S/C12H12ClN3O/c1-2-16-11(5-6-15-16)12(17)9-4-3-8(13)7-10(9)14/h3-7H,2,14H2,1H3. The minimum absolute atomic E-state index is 0.140. The molecule has 0 atom stereocenters. The maximum atomic E-state index is 12.2. The molecule has 5 heteroatoms. The van der Waals surface area contributed by atoms with E-state index in [9.17, 15) is 4.79 Å². The van der Waals surface area contributed by atoms with Crippen LogP contribution in [0.25, 0.3) is 0 Å². The fraction of sp³-hybridized carbons (Fsp3) is 0.167. The molecule has 0 aliphatic heterocycles. The average Bonchev–Trinajstić information content (AvgIpc) is 2.76. The summed E-state index contributed by atoms with van der Waals surface area (Å²) in [7, 11) is 0. The van der Waals surface area contributed by atoms with Crippen molar-refractivity contribution in [3.05, 3.63) is 46.7 Å². The molecule has 1 aromatic heterocycles. The lowest BCUT2D eigenvalue weighted by Crippen LogP contribution is -2.12. The molecule has 88 valence electrons. The SMILES string of the molecule is CCn1nccc1C(=O)c1ccc(Cl)cc1N. The fourth-order valence-corrected chi connectivity index (χ4v) is 1.84. The summed E-state index contributed by atoms with van der Waals surface area (Å²) < 4.78 is 1.64. The molecule has 2 N–H and O–H groups in total. The third kappa shape index (κ3) is 2.17. The number of aryl methyl sites for hydroxylation is 1. The summed E-state index contributed by atoms with van der Waals surface area (Å²) in [4.78, 5) is 12.2. The Kier molecular flexibility index (Phi) is 3.15. The molecule has 2 aromatic rings. The van der Waals surface area contributed by atoms with Gasteiger partial charge in [-0.15, -0.1) is 0 Å². The van der Waals surface area contributed by atoms with Gasteiger partial charge in [0.1, 0.15) is 5.69 Å². The van der Waals surface area contributed by atoms with Gasteiger partial charge in [-0.3, -0.25) is 9.48 Å². The number of hydrogen-bond donors (Lipinski definition) is 1. The van der Waals surface area contributed by atoms with Crippen molar-refractivity contribution in [3.63, 3.8) is 0 Å². The maximum absolute atomic E-state index is 12.2. The van der Waals surface area contributed by atoms with Gasteiger partial charge < -0.3 is 5.73 Å². The summed E-state index contributed by atoms with van der Waals surface area (Å²) in [5, 5.41) is 4.57. The van der Waals surface area contributed by atoms with Crippen LogP contribution in [0.5, 0.6) is 0 Å². The van der Waals surface area contributed by atoms with Crippen LogP contribution < -0.4 is 5.73 Å². The predicted molar refractivity (Wildman–Crippen MR) is 67.2 cm³/mol. The highest BCUT2D eigenvalue weighted by Gasteiger charge is 2.16. The van der Waals surface area contributed by atoms with Gasteiger partial charge in [-0.1, -0.05) is 11.6 Å². The van der Waals surface area contributed by atoms with Crippen LogP contribution in [-0.4, -0.2) is 15.6 Å². The highest BCUT2D eigenvalue weighted by molar-refractivity contribution is 6.31. The molecule has 0 fully saturated rings. The Morgan fingerprint density at radius 3 is 2.88 bits per heavy atom. The second-order valence-corrected chi connectivity index (χ2v) is 4.03. The topological polar surface area (TPSA) is 60.9 Å². The van der Waals surface area contributed by atoms with Gasteiger partial charge in [0.25, 0.3) is 0 Å². The summed E-state index contributed by atoms with van der Waals surface area (Å²) >= 11 is 5.80. The van der Waals surface area contributed by atoms with E-state index in [0.717, 1.165) is 0 Å². The fourth-order valence-electron chi connectivity index (χ4n) is 1.66. The van der Waals surface area contributed by atoms with Crippen molar-refractivity contribution in [2.45, 2.75) is 13.5 Å². The Bertz CT molecular complexity index is 563. The first-order chi connectivity index (χ1) is 8.13. The third-order valence-corrected chi connectivity index (χ3v) is 2.74. The zero-order valence-electron chi connectivity index (χ0n) is 9.35. The molecule has 0 spiro atoms. The summed E-state index contributed by atoms with van der Waals surface area (Å²) in [5.41, 5.74) is 7.14. The van der Waals surface area contributed by atoms with Crippen molar-refractivity contribution in [2.24, 2.45) is 0 Å². The first-order valence-corrected chi connectivity index (χ1v) is 5.62. The van der Waals surface area contributed by atoms with Crippen molar-refractivity contribution in [3.8, 4) is 0 Å². The molecule has 0 aliphatic carbocycles. The van der Waals surface area contributed by atoms with Gasteiger partial charge in [-0.2, -0.15) is 5.10 Å². The molecular weight excluding hydrogens is 238 g/mol. The number of benzene rings is 1. The number of ketones is 1. The van der Waals surface area contributed by atoms with E-state index in [-0.39, 0.29) is 5.78 Å². The van der Waals surface area contributed by atoms with Crippen molar-refractivity contribution in [1.82, 2.24) is 9.78 Å². The number of halogens is 1. The number of rotatable bonds is 3. The van der Waals surface area contributed by atoms with E-state index in [1.807, 2.05) is 6.92 Å². The van der Waals surface area contributed by atoms with Crippen molar-refractivity contribution in [2.75, 3.05) is 5.73 Å². The maximum Gasteiger partial charge on any atom is 0.213 e. The Morgan fingerprint density at radius 2 is 2.24 bits per heavy atom. The minimum Gasteiger partial charge on any atom is -0.398 e. The van der Waals surface area contributed by atoms with Crippen molar-refractivity contribution < 1.29 is 4.79 Å². The predicted octanol–water partition coefficient (Wildman–Crippen LogP) is 2.37. The quantitative estimate of drug-likeness (QED) is 0.671. The lowest BCUT2D eigenvalue weighted by molar-refractivity contribution is 0.103. The van der Waals surface area contributed by atoms with E-state index >= 15 is 0 Å². The van der Waals surface area contributed by atoms with Crippen LogP contribution in [0.3, 0.4) is 0 Å². The number of nitrogen functional groups attached to an aromatic ring is 1.